The maximum absolute atomic E-state index is 12.9. The summed E-state index contributed by atoms with van der Waals surface area (Å²) in [5.74, 6) is 0.832. The van der Waals surface area contributed by atoms with Gasteiger partial charge in [-0.1, -0.05) is 34.6 Å². The van der Waals surface area contributed by atoms with Crippen LogP contribution in [0.3, 0.4) is 0 Å². The molecule has 4 heteroatoms. The van der Waals surface area contributed by atoms with E-state index < -0.39 is 0 Å². The Morgan fingerprint density at radius 1 is 1.29 bits per heavy atom. The number of likely N-dealkylation sites (tertiary alicyclic amines) is 1. The van der Waals surface area contributed by atoms with Gasteiger partial charge in [0, 0.05) is 30.4 Å². The van der Waals surface area contributed by atoms with Crippen LogP contribution in [0.4, 0.5) is 0 Å². The molecule has 1 aliphatic rings. The quantitative estimate of drug-likeness (QED) is 0.813. The smallest absolute Gasteiger partial charge is 0.227 e. The molecule has 1 unspecified atom stereocenters. The zero-order valence-electron chi connectivity index (χ0n) is 16.6. The predicted octanol–water partition coefficient (Wildman–Crippen LogP) is 4.13. The number of carbonyl (C=O) groups excluding carboxylic acids is 1. The van der Waals surface area contributed by atoms with E-state index >= 15 is 0 Å². The Hall–Kier alpha value is -1.32. The van der Waals surface area contributed by atoms with E-state index in [9.17, 15) is 4.79 Å². The van der Waals surface area contributed by atoms with Gasteiger partial charge in [-0.2, -0.15) is 5.10 Å². The van der Waals surface area contributed by atoms with Gasteiger partial charge >= 0.3 is 0 Å². The van der Waals surface area contributed by atoms with Crippen LogP contribution in [0.1, 0.15) is 70.8 Å². The molecule has 24 heavy (non-hydrogen) atoms. The molecular weight excluding hydrogens is 298 g/mol. The fraction of sp³-hybridized carbons (Fsp3) is 0.800. The molecule has 0 aromatic carbocycles. The highest BCUT2D eigenvalue weighted by atomic mass is 16.2. The summed E-state index contributed by atoms with van der Waals surface area (Å²) in [6.45, 7) is 17.1. The van der Waals surface area contributed by atoms with Crippen LogP contribution in [0.5, 0.6) is 0 Å². The van der Waals surface area contributed by atoms with Gasteiger partial charge in [-0.15, -0.1) is 0 Å². The highest BCUT2D eigenvalue weighted by Crippen LogP contribution is 2.30. The third-order valence-corrected chi connectivity index (χ3v) is 4.94. The van der Waals surface area contributed by atoms with E-state index in [1.165, 1.54) is 0 Å². The second-order valence-electron chi connectivity index (χ2n) is 9.05. The summed E-state index contributed by atoms with van der Waals surface area (Å²) in [5.41, 5.74) is 3.55. The molecule has 1 fully saturated rings. The minimum atomic E-state index is 0.265. The van der Waals surface area contributed by atoms with Gasteiger partial charge in [0.05, 0.1) is 12.1 Å². The fourth-order valence-corrected chi connectivity index (χ4v) is 3.85. The van der Waals surface area contributed by atoms with Crippen LogP contribution in [0.15, 0.2) is 0 Å². The highest BCUT2D eigenvalue weighted by molar-refractivity contribution is 5.80. The van der Waals surface area contributed by atoms with Gasteiger partial charge in [0.15, 0.2) is 0 Å². The number of nitrogens with zero attached hydrogens (tertiary/aromatic N) is 3. The number of hydrogen-bond donors (Lipinski definition) is 0. The second kappa shape index (κ2) is 7.28. The molecule has 1 saturated heterocycles. The molecule has 0 aliphatic carbocycles. The predicted molar refractivity (Wildman–Crippen MR) is 99.1 cm³/mol. The highest BCUT2D eigenvalue weighted by Gasteiger charge is 2.32. The van der Waals surface area contributed by atoms with Crippen molar-refractivity contribution < 1.29 is 4.79 Å². The summed E-state index contributed by atoms with van der Waals surface area (Å²) in [6.07, 6.45) is 3.87. The van der Waals surface area contributed by atoms with E-state index in [4.69, 9.17) is 0 Å². The Kier molecular flexibility index (Phi) is 5.77. The SMILES string of the molecule is Cc1nn(CC(C)C)c(C)c1CC(=O)N1CCCC1CC(C)(C)C. The molecule has 2 heterocycles. The monoisotopic (exact) mass is 333 g/mol. The van der Waals surface area contributed by atoms with E-state index in [0.29, 0.717) is 18.4 Å². The fourth-order valence-electron chi connectivity index (χ4n) is 3.85. The molecule has 0 radical (unpaired) electrons. The Bertz CT molecular complexity index is 580. The first-order chi connectivity index (χ1) is 11.1. The van der Waals surface area contributed by atoms with Crippen molar-refractivity contribution in [2.24, 2.45) is 11.3 Å². The molecule has 1 atom stereocenters. The van der Waals surface area contributed by atoms with Crippen LogP contribution in [0.25, 0.3) is 0 Å². The molecule has 0 spiro atoms. The lowest BCUT2D eigenvalue weighted by Gasteiger charge is -2.30. The van der Waals surface area contributed by atoms with Gasteiger partial charge in [-0.05, 0) is 44.4 Å². The number of amides is 1. The van der Waals surface area contributed by atoms with Gasteiger partial charge in [-0.25, -0.2) is 0 Å². The standard InChI is InChI=1S/C20H35N3O/c1-14(2)13-23-16(4)18(15(3)21-23)11-19(24)22-10-8-9-17(22)12-20(5,6)7/h14,17H,8-13H2,1-7H3. The van der Waals surface area contributed by atoms with Crippen molar-refractivity contribution in [3.05, 3.63) is 17.0 Å². The van der Waals surface area contributed by atoms with Crippen LogP contribution >= 0.6 is 0 Å². The molecule has 4 nitrogen and oxygen atoms in total. The summed E-state index contributed by atoms with van der Waals surface area (Å²) in [6, 6.07) is 0.406. The lowest BCUT2D eigenvalue weighted by molar-refractivity contribution is -0.131. The second-order valence-corrected chi connectivity index (χ2v) is 9.05. The maximum Gasteiger partial charge on any atom is 0.227 e. The molecule has 2 rings (SSSR count). The number of hydrogen-bond acceptors (Lipinski definition) is 2. The molecule has 0 N–H and O–H groups in total. The van der Waals surface area contributed by atoms with E-state index in [2.05, 4.69) is 56.2 Å². The van der Waals surface area contributed by atoms with Gasteiger partial charge in [0.2, 0.25) is 5.91 Å². The third-order valence-electron chi connectivity index (χ3n) is 4.94. The van der Waals surface area contributed by atoms with Crippen LogP contribution in [0, 0.1) is 25.2 Å². The summed E-state index contributed by atoms with van der Waals surface area (Å²) in [4.78, 5) is 15.1. The van der Waals surface area contributed by atoms with Gasteiger partial charge in [0.1, 0.15) is 0 Å². The van der Waals surface area contributed by atoms with Crippen molar-refractivity contribution in [3.63, 3.8) is 0 Å². The molecule has 0 saturated carbocycles. The topological polar surface area (TPSA) is 38.1 Å². The average molecular weight is 334 g/mol. The van der Waals surface area contributed by atoms with E-state index in [1.54, 1.807) is 0 Å². The summed E-state index contributed by atoms with van der Waals surface area (Å²) < 4.78 is 2.07. The molecule has 1 aromatic rings. The summed E-state index contributed by atoms with van der Waals surface area (Å²) >= 11 is 0. The average Bonchev–Trinajstić information content (AvgIpc) is 2.97. The summed E-state index contributed by atoms with van der Waals surface area (Å²) in [5, 5.41) is 4.65. The zero-order chi connectivity index (χ0) is 18.1. The molecule has 1 amide bonds. The minimum absolute atomic E-state index is 0.265. The first-order valence-corrected chi connectivity index (χ1v) is 9.41. The van der Waals surface area contributed by atoms with Crippen LogP contribution < -0.4 is 0 Å². The zero-order valence-corrected chi connectivity index (χ0v) is 16.6. The number of aromatic nitrogens is 2. The number of rotatable bonds is 5. The Morgan fingerprint density at radius 3 is 2.54 bits per heavy atom. The van der Waals surface area contributed by atoms with Gasteiger partial charge < -0.3 is 4.90 Å². The Balaban J connectivity index is 2.10. The van der Waals surface area contributed by atoms with Gasteiger partial charge in [-0.3, -0.25) is 9.48 Å². The number of carbonyl (C=O) groups is 1. The van der Waals surface area contributed by atoms with E-state index in [1.807, 2.05) is 6.92 Å². The first-order valence-electron chi connectivity index (χ1n) is 9.41. The maximum atomic E-state index is 12.9. The normalized spacial score (nSPS) is 18.7. The van der Waals surface area contributed by atoms with Crippen molar-refractivity contribution in [2.45, 2.75) is 86.7 Å². The van der Waals surface area contributed by atoms with Gasteiger partial charge in [0.25, 0.3) is 0 Å². The van der Waals surface area contributed by atoms with E-state index in [-0.39, 0.29) is 11.3 Å². The molecule has 0 bridgehead atoms. The third kappa shape index (κ3) is 4.61. The van der Waals surface area contributed by atoms with Crippen molar-refractivity contribution in [3.8, 4) is 0 Å². The molecule has 1 aliphatic heterocycles. The van der Waals surface area contributed by atoms with Crippen molar-refractivity contribution in [2.75, 3.05) is 6.54 Å². The van der Waals surface area contributed by atoms with Crippen molar-refractivity contribution >= 4 is 5.91 Å². The number of aryl methyl sites for hydroxylation is 1. The van der Waals surface area contributed by atoms with Crippen molar-refractivity contribution in [1.29, 1.82) is 0 Å². The first kappa shape index (κ1) is 19.0. The lowest BCUT2D eigenvalue weighted by atomic mass is 9.87. The largest absolute Gasteiger partial charge is 0.339 e. The molecular formula is C20H35N3O. The van der Waals surface area contributed by atoms with Crippen molar-refractivity contribution in [1.82, 2.24) is 14.7 Å². The van der Waals surface area contributed by atoms with Crippen LogP contribution in [0.2, 0.25) is 0 Å². The minimum Gasteiger partial charge on any atom is -0.339 e. The summed E-state index contributed by atoms with van der Waals surface area (Å²) in [7, 11) is 0. The molecule has 1 aromatic heterocycles. The Morgan fingerprint density at radius 2 is 1.96 bits per heavy atom. The Labute approximate surface area is 147 Å². The van der Waals surface area contributed by atoms with Crippen LogP contribution in [-0.2, 0) is 17.8 Å². The van der Waals surface area contributed by atoms with Crippen LogP contribution in [-0.4, -0.2) is 33.2 Å². The lowest BCUT2D eigenvalue weighted by Crippen LogP contribution is -2.38. The van der Waals surface area contributed by atoms with E-state index in [0.717, 1.165) is 49.3 Å². The molecule has 136 valence electrons.